The van der Waals surface area contributed by atoms with Crippen LogP contribution in [0.15, 0.2) is 11.7 Å². The summed E-state index contributed by atoms with van der Waals surface area (Å²) in [5.41, 5.74) is 0. The van der Waals surface area contributed by atoms with Gasteiger partial charge in [0.05, 0.1) is 0 Å². The van der Waals surface area contributed by atoms with E-state index in [1.54, 1.807) is 6.92 Å². The van der Waals surface area contributed by atoms with E-state index in [1.807, 2.05) is 0 Å². The van der Waals surface area contributed by atoms with E-state index >= 15 is 0 Å². The van der Waals surface area contributed by atoms with Gasteiger partial charge in [0.15, 0.2) is 0 Å². The van der Waals surface area contributed by atoms with Crippen LogP contribution in [0, 0.1) is 6.92 Å². The number of hydrogen-bond acceptors (Lipinski definition) is 0. The fraction of sp³-hybridized carbons (Fsp3) is 0.571. The summed E-state index contributed by atoms with van der Waals surface area (Å²) in [6.07, 6.45) is 0.685. The van der Waals surface area contributed by atoms with Gasteiger partial charge in [0.2, 0.25) is 0 Å². The maximum atomic E-state index is 12.3. The second kappa shape index (κ2) is 4.48. The first-order valence-electron chi connectivity index (χ1n) is 3.04. The molecular weight excluding hydrogens is 122 g/mol. The summed E-state index contributed by atoms with van der Waals surface area (Å²) >= 11 is 0. The third-order valence-corrected chi connectivity index (χ3v) is 1.00. The van der Waals surface area contributed by atoms with Crippen molar-refractivity contribution in [3.8, 4) is 0 Å². The van der Waals surface area contributed by atoms with Crippen LogP contribution in [0.1, 0.15) is 26.2 Å². The topological polar surface area (TPSA) is 0 Å². The molecule has 0 spiro atoms. The lowest BCUT2D eigenvalue weighted by molar-refractivity contribution is 0.493. The molecule has 0 fully saturated rings. The van der Waals surface area contributed by atoms with E-state index in [4.69, 9.17) is 0 Å². The van der Waals surface area contributed by atoms with Crippen molar-refractivity contribution >= 4 is 0 Å². The number of hydrogen-bond donors (Lipinski definition) is 0. The third kappa shape index (κ3) is 3.22. The molecule has 0 aliphatic heterocycles. The molecule has 0 rings (SSSR count). The molecule has 0 aromatic carbocycles. The lowest BCUT2D eigenvalue weighted by Gasteiger charge is -1.93. The highest BCUT2D eigenvalue weighted by Crippen LogP contribution is 2.15. The predicted molar refractivity (Wildman–Crippen MR) is 34.1 cm³/mol. The van der Waals surface area contributed by atoms with Crippen LogP contribution in [-0.2, 0) is 0 Å². The van der Waals surface area contributed by atoms with Crippen LogP contribution in [0.3, 0.4) is 0 Å². The Balaban J connectivity index is 3.78. The first kappa shape index (κ1) is 8.60. The summed E-state index contributed by atoms with van der Waals surface area (Å²) in [6, 6.07) is 0. The van der Waals surface area contributed by atoms with Crippen LogP contribution in [0.5, 0.6) is 0 Å². The van der Waals surface area contributed by atoms with Crippen LogP contribution in [0.4, 0.5) is 8.78 Å². The van der Waals surface area contributed by atoms with Gasteiger partial charge in [-0.1, -0.05) is 13.8 Å². The summed E-state index contributed by atoms with van der Waals surface area (Å²) < 4.78 is 24.5. The van der Waals surface area contributed by atoms with Crippen LogP contribution in [-0.4, -0.2) is 0 Å². The summed E-state index contributed by atoms with van der Waals surface area (Å²) in [4.78, 5) is 0. The quantitative estimate of drug-likeness (QED) is 0.554. The molecule has 0 amide bonds. The third-order valence-electron chi connectivity index (χ3n) is 1.00. The van der Waals surface area contributed by atoms with E-state index in [0.717, 1.165) is 0 Å². The van der Waals surface area contributed by atoms with Crippen molar-refractivity contribution in [3.63, 3.8) is 0 Å². The minimum absolute atomic E-state index is 0.125. The molecule has 0 bridgehead atoms. The lowest BCUT2D eigenvalue weighted by Crippen LogP contribution is -1.78. The van der Waals surface area contributed by atoms with Gasteiger partial charge in [0.1, 0.15) is 11.7 Å². The zero-order chi connectivity index (χ0) is 7.28. The van der Waals surface area contributed by atoms with Gasteiger partial charge in [0.25, 0.3) is 0 Å². The molecule has 2 heteroatoms. The molecule has 0 saturated heterocycles. The molecule has 53 valence electrons. The highest BCUT2D eigenvalue weighted by Gasteiger charge is 2.00. The number of halogens is 2. The zero-order valence-corrected chi connectivity index (χ0v) is 5.58. The highest BCUT2D eigenvalue weighted by atomic mass is 19.2. The van der Waals surface area contributed by atoms with E-state index in [-0.39, 0.29) is 12.8 Å². The molecule has 0 unspecified atom stereocenters. The Bertz CT molecular complexity index is 105. The van der Waals surface area contributed by atoms with Crippen molar-refractivity contribution < 1.29 is 8.78 Å². The Labute approximate surface area is 54.6 Å². The fourth-order valence-corrected chi connectivity index (χ4v) is 0.483. The fourth-order valence-electron chi connectivity index (χ4n) is 0.483. The summed E-state index contributed by atoms with van der Waals surface area (Å²) in [5.74, 6) is -1.29. The lowest BCUT2D eigenvalue weighted by atomic mass is 10.2. The minimum atomic E-state index is -0.646. The maximum Gasteiger partial charge on any atom is 0.131 e. The Morgan fingerprint density at radius 1 is 1.33 bits per heavy atom. The van der Waals surface area contributed by atoms with Crippen molar-refractivity contribution in [1.29, 1.82) is 0 Å². The molecule has 1 radical (unpaired) electrons. The Hall–Kier alpha value is -0.400. The SMILES string of the molecule is [CH2]CCC(F)=C(F)CC. The van der Waals surface area contributed by atoms with Crippen molar-refractivity contribution in [1.82, 2.24) is 0 Å². The molecule has 0 nitrogen and oxygen atoms in total. The van der Waals surface area contributed by atoms with E-state index in [2.05, 4.69) is 6.92 Å². The van der Waals surface area contributed by atoms with Crippen molar-refractivity contribution in [2.75, 3.05) is 0 Å². The molecule has 0 aromatic rings. The Morgan fingerprint density at radius 3 is 2.22 bits per heavy atom. The van der Waals surface area contributed by atoms with Gasteiger partial charge in [0, 0.05) is 6.42 Å². The second-order valence-corrected chi connectivity index (χ2v) is 1.77. The van der Waals surface area contributed by atoms with Crippen LogP contribution in [0.2, 0.25) is 0 Å². The van der Waals surface area contributed by atoms with Gasteiger partial charge < -0.3 is 0 Å². The van der Waals surface area contributed by atoms with Crippen LogP contribution >= 0.6 is 0 Å². The largest absolute Gasteiger partial charge is 0.209 e. The van der Waals surface area contributed by atoms with E-state index < -0.39 is 11.7 Å². The average Bonchev–Trinajstić information content (AvgIpc) is 1.87. The van der Waals surface area contributed by atoms with Crippen LogP contribution in [0.25, 0.3) is 0 Å². The Kier molecular flexibility index (Phi) is 4.28. The molecule has 0 saturated carbocycles. The molecule has 0 aliphatic carbocycles. The molecule has 0 aliphatic rings. The van der Waals surface area contributed by atoms with Crippen LogP contribution < -0.4 is 0 Å². The molecule has 0 N–H and O–H groups in total. The maximum absolute atomic E-state index is 12.3. The van der Waals surface area contributed by atoms with Gasteiger partial charge in [-0.15, -0.1) is 0 Å². The second-order valence-electron chi connectivity index (χ2n) is 1.77. The Morgan fingerprint density at radius 2 is 1.89 bits per heavy atom. The summed E-state index contributed by atoms with van der Waals surface area (Å²) in [7, 11) is 0. The van der Waals surface area contributed by atoms with Crippen molar-refractivity contribution in [2.24, 2.45) is 0 Å². The summed E-state index contributed by atoms with van der Waals surface area (Å²) in [5, 5.41) is 0. The number of rotatable bonds is 3. The first-order chi connectivity index (χ1) is 4.22. The van der Waals surface area contributed by atoms with Gasteiger partial charge in [-0.05, 0) is 12.8 Å². The summed E-state index contributed by atoms with van der Waals surface area (Å²) in [6.45, 7) is 4.98. The number of allylic oxidation sites excluding steroid dienone is 2. The molecule has 0 heterocycles. The first-order valence-corrected chi connectivity index (χ1v) is 3.04. The molecular formula is C7H11F2. The van der Waals surface area contributed by atoms with E-state index in [1.165, 1.54) is 0 Å². The average molecular weight is 133 g/mol. The standard InChI is InChI=1S/C7H11F2/c1-3-5-7(9)6(8)4-2/h1,3-5H2,2H3. The minimum Gasteiger partial charge on any atom is -0.209 e. The normalized spacial score (nSPS) is 13.3. The van der Waals surface area contributed by atoms with Gasteiger partial charge in [-0.25, -0.2) is 8.78 Å². The highest BCUT2D eigenvalue weighted by molar-refractivity contribution is 4.98. The van der Waals surface area contributed by atoms with Crippen molar-refractivity contribution in [2.45, 2.75) is 26.2 Å². The molecule has 0 atom stereocenters. The smallest absolute Gasteiger partial charge is 0.131 e. The van der Waals surface area contributed by atoms with Crippen molar-refractivity contribution in [3.05, 3.63) is 18.6 Å². The predicted octanol–water partition coefficient (Wildman–Crippen LogP) is 3.16. The van der Waals surface area contributed by atoms with Gasteiger partial charge in [-0.2, -0.15) is 0 Å². The van der Waals surface area contributed by atoms with Gasteiger partial charge >= 0.3 is 0 Å². The van der Waals surface area contributed by atoms with Gasteiger partial charge in [-0.3, -0.25) is 0 Å². The van der Waals surface area contributed by atoms with E-state index in [0.29, 0.717) is 6.42 Å². The van der Waals surface area contributed by atoms with E-state index in [9.17, 15) is 8.78 Å². The molecule has 0 aromatic heterocycles. The monoisotopic (exact) mass is 133 g/mol. The molecule has 9 heavy (non-hydrogen) atoms. The zero-order valence-electron chi connectivity index (χ0n) is 5.58.